The van der Waals surface area contributed by atoms with Crippen molar-refractivity contribution in [1.29, 1.82) is 0 Å². The Hall–Kier alpha value is -2.04. The van der Waals surface area contributed by atoms with E-state index >= 15 is 0 Å². The number of aryl methyl sites for hydroxylation is 1. The van der Waals surface area contributed by atoms with Gasteiger partial charge < -0.3 is 14.7 Å². The first-order chi connectivity index (χ1) is 9.43. The van der Waals surface area contributed by atoms with E-state index in [1.54, 1.807) is 24.0 Å². The average Bonchev–Trinajstić information content (AvgIpc) is 2.79. The first-order valence-corrected chi connectivity index (χ1v) is 6.60. The van der Waals surface area contributed by atoms with Crippen molar-refractivity contribution >= 4 is 11.9 Å². The molecule has 1 aromatic rings. The minimum absolute atomic E-state index is 0.0869. The Labute approximate surface area is 118 Å². The Kier molecular flexibility index (Phi) is 3.97. The molecule has 2 unspecified atom stereocenters. The van der Waals surface area contributed by atoms with Crippen LogP contribution in [-0.4, -0.2) is 42.1 Å². The van der Waals surface area contributed by atoms with Crippen LogP contribution < -0.4 is 0 Å². The molecule has 0 spiro atoms. The Morgan fingerprint density at radius 1 is 1.35 bits per heavy atom. The van der Waals surface area contributed by atoms with Gasteiger partial charge in [0.1, 0.15) is 5.75 Å². The second kappa shape index (κ2) is 5.53. The topological polar surface area (TPSA) is 66.8 Å². The van der Waals surface area contributed by atoms with Crippen LogP contribution in [0.5, 0.6) is 5.75 Å². The van der Waals surface area contributed by atoms with Crippen molar-refractivity contribution in [3.05, 3.63) is 29.3 Å². The maximum Gasteiger partial charge on any atom is 0.310 e. The predicted molar refractivity (Wildman–Crippen MR) is 73.4 cm³/mol. The van der Waals surface area contributed by atoms with E-state index in [9.17, 15) is 14.7 Å². The number of methoxy groups -OCH3 is 1. The van der Waals surface area contributed by atoms with Gasteiger partial charge in [-0.2, -0.15) is 0 Å². The smallest absolute Gasteiger partial charge is 0.310 e. The summed E-state index contributed by atoms with van der Waals surface area (Å²) in [5.41, 5.74) is 1.28. The first-order valence-electron chi connectivity index (χ1n) is 6.60. The normalized spacial score (nSPS) is 21.9. The number of nitrogens with zero attached hydrogens (tertiary/aromatic N) is 1. The molecular formula is C15H19NO4. The van der Waals surface area contributed by atoms with Crippen molar-refractivity contribution in [2.75, 3.05) is 20.2 Å². The van der Waals surface area contributed by atoms with Crippen molar-refractivity contribution in [3.63, 3.8) is 0 Å². The predicted octanol–water partition coefficient (Wildman–Crippen LogP) is 1.58. The van der Waals surface area contributed by atoms with Crippen LogP contribution in [0.2, 0.25) is 0 Å². The summed E-state index contributed by atoms with van der Waals surface area (Å²) < 4.78 is 4.77. The number of hydrogen-bond donors (Lipinski definition) is 1. The summed E-state index contributed by atoms with van der Waals surface area (Å²) in [5.74, 6) is -0.414. The second-order valence-corrected chi connectivity index (χ2v) is 5.32. The van der Waals surface area contributed by atoms with Gasteiger partial charge in [-0.1, -0.05) is 6.92 Å². The number of benzene rings is 1. The van der Waals surface area contributed by atoms with Gasteiger partial charge in [-0.05, 0) is 36.6 Å². The van der Waals surface area contributed by atoms with Crippen LogP contribution in [0.4, 0.5) is 0 Å². The number of aromatic hydroxyl groups is 1. The van der Waals surface area contributed by atoms with Crippen LogP contribution in [0.3, 0.4) is 0 Å². The number of hydrogen-bond acceptors (Lipinski definition) is 4. The van der Waals surface area contributed by atoms with Crippen molar-refractivity contribution in [2.24, 2.45) is 11.8 Å². The third kappa shape index (κ3) is 2.61. The van der Waals surface area contributed by atoms with Gasteiger partial charge in [0.25, 0.3) is 5.91 Å². The zero-order valence-electron chi connectivity index (χ0n) is 11.9. The van der Waals surface area contributed by atoms with Gasteiger partial charge >= 0.3 is 5.97 Å². The third-order valence-electron chi connectivity index (χ3n) is 3.84. The zero-order chi connectivity index (χ0) is 14.9. The van der Waals surface area contributed by atoms with E-state index in [4.69, 9.17) is 4.74 Å². The van der Waals surface area contributed by atoms with Crippen LogP contribution in [0.15, 0.2) is 18.2 Å². The molecule has 20 heavy (non-hydrogen) atoms. The number of phenols is 1. The summed E-state index contributed by atoms with van der Waals surface area (Å²) in [6, 6.07) is 4.67. The van der Waals surface area contributed by atoms with E-state index in [2.05, 4.69) is 0 Å². The molecule has 0 saturated carbocycles. The Morgan fingerprint density at radius 3 is 2.65 bits per heavy atom. The molecule has 2 rings (SSSR count). The third-order valence-corrected chi connectivity index (χ3v) is 3.84. The summed E-state index contributed by atoms with van der Waals surface area (Å²) in [4.78, 5) is 25.8. The molecule has 1 fully saturated rings. The molecule has 108 valence electrons. The second-order valence-electron chi connectivity index (χ2n) is 5.32. The van der Waals surface area contributed by atoms with E-state index in [1.165, 1.54) is 13.2 Å². The number of phenolic OH excluding ortho intramolecular Hbond substituents is 1. The van der Waals surface area contributed by atoms with Gasteiger partial charge in [0.2, 0.25) is 0 Å². The highest BCUT2D eigenvalue weighted by Gasteiger charge is 2.38. The first kappa shape index (κ1) is 14.4. The largest absolute Gasteiger partial charge is 0.508 e. The fourth-order valence-corrected chi connectivity index (χ4v) is 2.65. The SMILES string of the molecule is COC(=O)C1CN(C(=O)c2ccc(O)cc2C)CC1C. The average molecular weight is 277 g/mol. The fourth-order valence-electron chi connectivity index (χ4n) is 2.65. The summed E-state index contributed by atoms with van der Waals surface area (Å²) in [6.07, 6.45) is 0. The standard InChI is InChI=1S/C15H19NO4/c1-9-6-11(17)4-5-12(9)14(18)16-7-10(2)13(8-16)15(19)20-3/h4-6,10,13,17H,7-8H2,1-3H3. The lowest BCUT2D eigenvalue weighted by Gasteiger charge is -2.17. The highest BCUT2D eigenvalue weighted by atomic mass is 16.5. The van der Waals surface area contributed by atoms with Gasteiger partial charge in [-0.3, -0.25) is 9.59 Å². The minimum Gasteiger partial charge on any atom is -0.508 e. The maximum absolute atomic E-state index is 12.5. The maximum atomic E-state index is 12.5. The van der Waals surface area contributed by atoms with Crippen LogP contribution in [-0.2, 0) is 9.53 Å². The lowest BCUT2D eigenvalue weighted by Crippen LogP contribution is -2.30. The molecule has 1 aromatic carbocycles. The van der Waals surface area contributed by atoms with E-state index in [0.29, 0.717) is 18.7 Å². The molecule has 0 bridgehead atoms. The summed E-state index contributed by atoms with van der Waals surface area (Å²) >= 11 is 0. The Morgan fingerprint density at radius 2 is 2.05 bits per heavy atom. The lowest BCUT2D eigenvalue weighted by atomic mass is 9.99. The van der Waals surface area contributed by atoms with E-state index < -0.39 is 0 Å². The van der Waals surface area contributed by atoms with Crippen molar-refractivity contribution in [3.8, 4) is 5.75 Å². The highest BCUT2D eigenvalue weighted by Crippen LogP contribution is 2.26. The molecule has 1 amide bonds. The Balaban J connectivity index is 2.17. The molecule has 1 heterocycles. The lowest BCUT2D eigenvalue weighted by molar-refractivity contribution is -0.146. The Bertz CT molecular complexity index is 541. The fraction of sp³-hybridized carbons (Fsp3) is 0.467. The molecule has 5 nitrogen and oxygen atoms in total. The van der Waals surface area contributed by atoms with Gasteiger partial charge in [-0.15, -0.1) is 0 Å². The molecule has 0 aromatic heterocycles. The number of esters is 1. The molecule has 1 N–H and O–H groups in total. The van der Waals surface area contributed by atoms with E-state index in [1.807, 2.05) is 6.92 Å². The monoisotopic (exact) mass is 277 g/mol. The van der Waals surface area contributed by atoms with Crippen molar-refractivity contribution < 1.29 is 19.4 Å². The van der Waals surface area contributed by atoms with Crippen LogP contribution >= 0.6 is 0 Å². The minimum atomic E-state index is -0.268. The molecule has 2 atom stereocenters. The van der Waals surface area contributed by atoms with E-state index in [-0.39, 0.29) is 29.5 Å². The number of carbonyl (C=O) groups excluding carboxylic acids is 2. The van der Waals surface area contributed by atoms with Crippen LogP contribution in [0.1, 0.15) is 22.8 Å². The quantitative estimate of drug-likeness (QED) is 0.833. The molecule has 5 heteroatoms. The summed E-state index contributed by atoms with van der Waals surface area (Å²) in [7, 11) is 1.36. The number of rotatable bonds is 2. The molecule has 1 saturated heterocycles. The van der Waals surface area contributed by atoms with Crippen LogP contribution in [0.25, 0.3) is 0 Å². The van der Waals surface area contributed by atoms with Gasteiger partial charge in [-0.25, -0.2) is 0 Å². The van der Waals surface area contributed by atoms with Gasteiger partial charge in [0.15, 0.2) is 0 Å². The molecule has 0 aliphatic carbocycles. The number of likely N-dealkylation sites (tertiary alicyclic amines) is 1. The number of amides is 1. The van der Waals surface area contributed by atoms with Crippen molar-refractivity contribution in [1.82, 2.24) is 4.90 Å². The van der Waals surface area contributed by atoms with E-state index in [0.717, 1.165) is 5.56 Å². The van der Waals surface area contributed by atoms with Gasteiger partial charge in [0.05, 0.1) is 13.0 Å². The van der Waals surface area contributed by atoms with Gasteiger partial charge in [0, 0.05) is 18.7 Å². The summed E-state index contributed by atoms with van der Waals surface area (Å²) in [5, 5.41) is 9.39. The molecule has 1 aliphatic rings. The zero-order valence-corrected chi connectivity index (χ0v) is 11.9. The van der Waals surface area contributed by atoms with Crippen molar-refractivity contribution in [2.45, 2.75) is 13.8 Å². The molecule has 0 radical (unpaired) electrons. The van der Waals surface area contributed by atoms with Crippen LogP contribution in [0, 0.1) is 18.8 Å². The molecular weight excluding hydrogens is 258 g/mol. The summed E-state index contributed by atoms with van der Waals surface area (Å²) in [6.45, 7) is 4.65. The molecule has 1 aliphatic heterocycles. The number of carbonyl (C=O) groups is 2. The highest BCUT2D eigenvalue weighted by molar-refractivity contribution is 5.96. The number of ether oxygens (including phenoxy) is 1.